The molecular formula is C21H20ClN3O4. The van der Waals surface area contributed by atoms with Crippen LogP contribution in [0, 0.1) is 10.1 Å². The molecule has 8 heteroatoms. The molecule has 1 amide bonds. The second-order valence-corrected chi connectivity index (χ2v) is 7.09. The fourth-order valence-electron chi connectivity index (χ4n) is 2.90. The molecule has 1 heterocycles. The number of rotatable bonds is 7. The number of aromatic nitrogens is 1. The lowest BCUT2D eigenvalue weighted by molar-refractivity contribution is -0.384. The van der Waals surface area contributed by atoms with Crippen LogP contribution in [0.1, 0.15) is 30.8 Å². The average molecular weight is 414 g/mol. The normalized spacial score (nSPS) is 11.8. The molecule has 0 radical (unpaired) electrons. The number of hydrogen-bond acceptors (Lipinski definition) is 5. The number of nitro benzene ring substituents is 1. The van der Waals surface area contributed by atoms with E-state index < -0.39 is 4.92 Å². The van der Waals surface area contributed by atoms with Crippen LogP contribution in [0.3, 0.4) is 0 Å². The van der Waals surface area contributed by atoms with Gasteiger partial charge in [0, 0.05) is 42.6 Å². The summed E-state index contributed by atoms with van der Waals surface area (Å²) in [5.74, 6) is 0.984. The lowest BCUT2D eigenvalue weighted by Gasteiger charge is -2.25. The summed E-state index contributed by atoms with van der Waals surface area (Å²) in [5, 5.41) is 11.6. The van der Waals surface area contributed by atoms with Crippen LogP contribution in [-0.4, -0.2) is 27.8 Å². The van der Waals surface area contributed by atoms with Gasteiger partial charge in [-0.2, -0.15) is 0 Å². The number of hydrogen-bond donors (Lipinski definition) is 0. The number of non-ortho nitro benzene ring substituents is 1. The van der Waals surface area contributed by atoms with Crippen molar-refractivity contribution in [1.29, 1.82) is 0 Å². The predicted octanol–water partition coefficient (Wildman–Crippen LogP) is 5.06. The third kappa shape index (κ3) is 5.00. The standard InChI is InChI=1S/C21H20ClN3O4/c1-14(16-4-3-5-18(12-16)25(27)28)24(2)21(26)11-10-20-23-13-19(29-20)15-6-8-17(22)9-7-15/h3-9,12-14H,10-11H2,1-2H3/t14-/m0/s1. The highest BCUT2D eigenvalue weighted by molar-refractivity contribution is 6.30. The van der Waals surface area contributed by atoms with Gasteiger partial charge in [-0.3, -0.25) is 14.9 Å². The molecule has 3 aromatic rings. The van der Waals surface area contributed by atoms with Crippen molar-refractivity contribution >= 4 is 23.2 Å². The van der Waals surface area contributed by atoms with E-state index in [1.54, 1.807) is 42.4 Å². The molecule has 0 fully saturated rings. The number of oxazole rings is 1. The molecule has 2 aromatic carbocycles. The van der Waals surface area contributed by atoms with Gasteiger partial charge in [0.15, 0.2) is 11.7 Å². The van der Waals surface area contributed by atoms with Gasteiger partial charge in [-0.15, -0.1) is 0 Å². The van der Waals surface area contributed by atoms with Crippen LogP contribution >= 0.6 is 11.6 Å². The van der Waals surface area contributed by atoms with Crippen molar-refractivity contribution in [2.75, 3.05) is 7.05 Å². The summed E-state index contributed by atoms with van der Waals surface area (Å²) in [6.07, 6.45) is 2.20. The zero-order valence-electron chi connectivity index (χ0n) is 16.0. The Hall–Kier alpha value is -3.19. The van der Waals surface area contributed by atoms with Gasteiger partial charge in [-0.25, -0.2) is 4.98 Å². The molecule has 0 bridgehead atoms. The van der Waals surface area contributed by atoms with E-state index >= 15 is 0 Å². The van der Waals surface area contributed by atoms with Crippen LogP contribution < -0.4 is 0 Å². The lowest BCUT2D eigenvalue weighted by Crippen LogP contribution is -2.29. The van der Waals surface area contributed by atoms with Gasteiger partial charge < -0.3 is 9.32 Å². The Balaban J connectivity index is 1.61. The molecule has 0 saturated carbocycles. The van der Waals surface area contributed by atoms with Gasteiger partial charge in [0.05, 0.1) is 17.2 Å². The van der Waals surface area contributed by atoms with Crippen molar-refractivity contribution in [2.45, 2.75) is 25.8 Å². The SMILES string of the molecule is C[C@@H](c1cccc([N+](=O)[O-])c1)N(C)C(=O)CCc1ncc(-c2ccc(Cl)cc2)o1. The maximum atomic E-state index is 12.6. The van der Waals surface area contributed by atoms with Crippen molar-refractivity contribution in [3.8, 4) is 11.3 Å². The van der Waals surface area contributed by atoms with Gasteiger partial charge in [0.25, 0.3) is 5.69 Å². The fourth-order valence-corrected chi connectivity index (χ4v) is 3.03. The predicted molar refractivity (Wildman–Crippen MR) is 110 cm³/mol. The molecule has 0 aliphatic carbocycles. The number of benzene rings is 2. The molecule has 0 aliphatic rings. The quantitative estimate of drug-likeness (QED) is 0.399. The molecule has 0 spiro atoms. The largest absolute Gasteiger partial charge is 0.441 e. The topological polar surface area (TPSA) is 89.5 Å². The van der Waals surface area contributed by atoms with Crippen molar-refractivity contribution in [3.05, 3.63) is 81.3 Å². The summed E-state index contributed by atoms with van der Waals surface area (Å²) >= 11 is 5.89. The molecule has 3 rings (SSSR count). The molecule has 7 nitrogen and oxygen atoms in total. The molecule has 0 saturated heterocycles. The van der Waals surface area contributed by atoms with Gasteiger partial charge >= 0.3 is 0 Å². The van der Waals surface area contributed by atoms with Crippen LogP contribution in [0.25, 0.3) is 11.3 Å². The first-order valence-electron chi connectivity index (χ1n) is 9.06. The Bertz CT molecular complexity index is 1020. The second-order valence-electron chi connectivity index (χ2n) is 6.66. The number of amides is 1. The van der Waals surface area contributed by atoms with E-state index in [0.29, 0.717) is 28.7 Å². The first-order chi connectivity index (χ1) is 13.8. The average Bonchev–Trinajstić information content (AvgIpc) is 3.20. The Kier molecular flexibility index (Phi) is 6.29. The molecule has 29 heavy (non-hydrogen) atoms. The summed E-state index contributed by atoms with van der Waals surface area (Å²) in [5.41, 5.74) is 1.57. The molecule has 0 N–H and O–H groups in total. The van der Waals surface area contributed by atoms with Crippen molar-refractivity contribution in [3.63, 3.8) is 0 Å². The Morgan fingerprint density at radius 1 is 1.28 bits per heavy atom. The van der Waals surface area contributed by atoms with Gasteiger partial charge in [0.2, 0.25) is 5.91 Å². The molecule has 0 unspecified atom stereocenters. The molecule has 150 valence electrons. The first-order valence-corrected chi connectivity index (χ1v) is 9.43. The highest BCUT2D eigenvalue weighted by Crippen LogP contribution is 2.25. The lowest BCUT2D eigenvalue weighted by atomic mass is 10.1. The number of carbonyl (C=O) groups is 1. The van der Waals surface area contributed by atoms with E-state index in [1.807, 2.05) is 19.1 Å². The number of carbonyl (C=O) groups excluding carboxylic acids is 1. The highest BCUT2D eigenvalue weighted by atomic mass is 35.5. The molecule has 0 aliphatic heterocycles. The summed E-state index contributed by atoms with van der Waals surface area (Å²) < 4.78 is 5.73. The van der Waals surface area contributed by atoms with Crippen LogP contribution in [0.2, 0.25) is 5.02 Å². The van der Waals surface area contributed by atoms with Crippen LogP contribution in [-0.2, 0) is 11.2 Å². The summed E-state index contributed by atoms with van der Waals surface area (Å²) in [4.78, 5) is 28.9. The summed E-state index contributed by atoms with van der Waals surface area (Å²) in [6, 6.07) is 13.2. The van der Waals surface area contributed by atoms with E-state index in [-0.39, 0.29) is 24.1 Å². The number of nitrogens with zero attached hydrogens (tertiary/aromatic N) is 3. The minimum absolute atomic E-state index is 0.00436. The van der Waals surface area contributed by atoms with E-state index in [4.69, 9.17) is 16.0 Å². The maximum Gasteiger partial charge on any atom is 0.269 e. The van der Waals surface area contributed by atoms with Crippen LogP contribution in [0.5, 0.6) is 0 Å². The second kappa shape index (κ2) is 8.87. The van der Waals surface area contributed by atoms with E-state index in [0.717, 1.165) is 5.56 Å². The Labute approximate surface area is 173 Å². The van der Waals surface area contributed by atoms with E-state index in [1.165, 1.54) is 12.1 Å². The first kappa shape index (κ1) is 20.5. The Morgan fingerprint density at radius 3 is 2.69 bits per heavy atom. The molecular weight excluding hydrogens is 394 g/mol. The minimum Gasteiger partial charge on any atom is -0.441 e. The monoisotopic (exact) mass is 413 g/mol. The van der Waals surface area contributed by atoms with Gasteiger partial charge in [0.1, 0.15) is 0 Å². The third-order valence-corrected chi connectivity index (χ3v) is 5.02. The minimum atomic E-state index is -0.446. The summed E-state index contributed by atoms with van der Waals surface area (Å²) in [7, 11) is 1.68. The van der Waals surface area contributed by atoms with Crippen molar-refractivity contribution in [1.82, 2.24) is 9.88 Å². The summed E-state index contributed by atoms with van der Waals surface area (Å²) in [6.45, 7) is 1.83. The van der Waals surface area contributed by atoms with Crippen LogP contribution in [0.4, 0.5) is 5.69 Å². The maximum absolute atomic E-state index is 12.6. The zero-order valence-corrected chi connectivity index (χ0v) is 16.8. The van der Waals surface area contributed by atoms with Crippen LogP contribution in [0.15, 0.2) is 59.1 Å². The highest BCUT2D eigenvalue weighted by Gasteiger charge is 2.20. The Morgan fingerprint density at radius 2 is 2.00 bits per heavy atom. The smallest absolute Gasteiger partial charge is 0.269 e. The zero-order chi connectivity index (χ0) is 21.0. The number of aryl methyl sites for hydroxylation is 1. The number of nitro groups is 1. The van der Waals surface area contributed by atoms with Crippen molar-refractivity contribution < 1.29 is 14.1 Å². The molecule has 1 aromatic heterocycles. The number of halogens is 1. The van der Waals surface area contributed by atoms with E-state index in [9.17, 15) is 14.9 Å². The third-order valence-electron chi connectivity index (χ3n) is 4.77. The van der Waals surface area contributed by atoms with Gasteiger partial charge in [-0.05, 0) is 36.8 Å². The molecule has 1 atom stereocenters. The van der Waals surface area contributed by atoms with Crippen molar-refractivity contribution in [2.24, 2.45) is 0 Å². The fraction of sp³-hybridized carbons (Fsp3) is 0.238. The van der Waals surface area contributed by atoms with E-state index in [2.05, 4.69) is 4.98 Å². The van der Waals surface area contributed by atoms with Gasteiger partial charge in [-0.1, -0.05) is 23.7 Å².